The SMILES string of the molecule is Cl.Cl.NCC1(C(=O)N2CCC(N3CCCCC3)C2)CCOCC1. The van der Waals surface area contributed by atoms with Gasteiger partial charge in [-0.05, 0) is 45.2 Å². The molecule has 1 atom stereocenters. The molecule has 2 N–H and O–H groups in total. The fourth-order valence-corrected chi connectivity index (χ4v) is 4.11. The third-order valence-corrected chi connectivity index (χ3v) is 5.65. The number of hydrogen-bond donors (Lipinski definition) is 1. The Morgan fingerprint density at radius 2 is 1.74 bits per heavy atom. The van der Waals surface area contributed by atoms with Gasteiger partial charge in [-0.3, -0.25) is 9.69 Å². The molecule has 0 aromatic carbocycles. The van der Waals surface area contributed by atoms with Gasteiger partial charge in [-0.2, -0.15) is 0 Å². The molecule has 3 aliphatic heterocycles. The Bertz CT molecular complexity index is 372. The van der Waals surface area contributed by atoms with E-state index in [-0.39, 0.29) is 36.1 Å². The molecule has 7 heteroatoms. The summed E-state index contributed by atoms with van der Waals surface area (Å²) in [4.78, 5) is 17.6. The summed E-state index contributed by atoms with van der Waals surface area (Å²) < 4.78 is 5.42. The van der Waals surface area contributed by atoms with Crippen molar-refractivity contribution in [2.24, 2.45) is 11.1 Å². The van der Waals surface area contributed by atoms with Crippen LogP contribution in [0.2, 0.25) is 0 Å². The number of amides is 1. The van der Waals surface area contributed by atoms with Crippen LogP contribution in [-0.2, 0) is 9.53 Å². The van der Waals surface area contributed by atoms with Crippen molar-refractivity contribution in [3.05, 3.63) is 0 Å². The predicted molar refractivity (Wildman–Crippen MR) is 96.4 cm³/mol. The molecule has 3 fully saturated rings. The highest BCUT2D eigenvalue weighted by Crippen LogP contribution is 2.33. The van der Waals surface area contributed by atoms with E-state index in [9.17, 15) is 4.79 Å². The lowest BCUT2D eigenvalue weighted by molar-refractivity contribution is -0.146. The molecule has 136 valence electrons. The van der Waals surface area contributed by atoms with Crippen molar-refractivity contribution in [1.82, 2.24) is 9.80 Å². The fraction of sp³-hybridized carbons (Fsp3) is 0.938. The number of rotatable bonds is 3. The molecular weight excluding hydrogens is 337 g/mol. The van der Waals surface area contributed by atoms with Gasteiger partial charge in [0.15, 0.2) is 0 Å². The van der Waals surface area contributed by atoms with E-state index < -0.39 is 0 Å². The predicted octanol–water partition coefficient (Wildman–Crippen LogP) is 1.67. The lowest BCUT2D eigenvalue weighted by Gasteiger charge is -2.38. The monoisotopic (exact) mass is 367 g/mol. The standard InChI is InChI=1S/C16H29N3O2.2ClH/c17-13-16(5-10-21-11-6-16)15(20)19-9-4-14(12-19)18-7-2-1-3-8-18;;/h14H,1-13,17H2;2*1H. The first-order valence-electron chi connectivity index (χ1n) is 8.56. The Balaban J connectivity index is 0.00000132. The van der Waals surface area contributed by atoms with Crippen LogP contribution < -0.4 is 5.73 Å². The third-order valence-electron chi connectivity index (χ3n) is 5.65. The van der Waals surface area contributed by atoms with Gasteiger partial charge in [-0.15, -0.1) is 24.8 Å². The molecule has 3 saturated heterocycles. The highest BCUT2D eigenvalue weighted by atomic mass is 35.5. The van der Waals surface area contributed by atoms with Crippen molar-refractivity contribution < 1.29 is 9.53 Å². The number of likely N-dealkylation sites (tertiary alicyclic amines) is 2. The number of nitrogens with zero attached hydrogens (tertiary/aromatic N) is 2. The summed E-state index contributed by atoms with van der Waals surface area (Å²) in [6, 6.07) is 0.573. The van der Waals surface area contributed by atoms with E-state index in [1.54, 1.807) is 0 Å². The molecular formula is C16H31Cl2N3O2. The lowest BCUT2D eigenvalue weighted by Crippen LogP contribution is -2.51. The van der Waals surface area contributed by atoms with Crippen LogP contribution in [0, 0.1) is 5.41 Å². The van der Waals surface area contributed by atoms with E-state index in [1.807, 2.05) is 0 Å². The van der Waals surface area contributed by atoms with Crippen LogP contribution in [-0.4, -0.2) is 67.7 Å². The highest BCUT2D eigenvalue weighted by Gasteiger charge is 2.43. The van der Waals surface area contributed by atoms with Crippen LogP contribution in [0.25, 0.3) is 0 Å². The van der Waals surface area contributed by atoms with Gasteiger partial charge >= 0.3 is 0 Å². The Labute approximate surface area is 152 Å². The van der Waals surface area contributed by atoms with Crippen molar-refractivity contribution in [1.29, 1.82) is 0 Å². The minimum Gasteiger partial charge on any atom is -0.381 e. The van der Waals surface area contributed by atoms with Crippen LogP contribution in [0.3, 0.4) is 0 Å². The zero-order chi connectivity index (χ0) is 14.7. The Morgan fingerprint density at radius 1 is 1.09 bits per heavy atom. The molecule has 5 nitrogen and oxygen atoms in total. The van der Waals surface area contributed by atoms with Crippen molar-refractivity contribution in [3.8, 4) is 0 Å². The molecule has 0 saturated carbocycles. The Kier molecular flexibility index (Phi) is 8.59. The summed E-state index contributed by atoms with van der Waals surface area (Å²) in [5.74, 6) is 0.285. The molecule has 23 heavy (non-hydrogen) atoms. The van der Waals surface area contributed by atoms with Gasteiger partial charge in [-0.1, -0.05) is 6.42 Å². The fourth-order valence-electron chi connectivity index (χ4n) is 4.11. The van der Waals surface area contributed by atoms with Gasteiger partial charge in [0, 0.05) is 38.9 Å². The lowest BCUT2D eigenvalue weighted by atomic mass is 9.79. The number of carbonyl (C=O) groups excluding carboxylic acids is 1. The molecule has 0 aliphatic carbocycles. The van der Waals surface area contributed by atoms with Crippen LogP contribution in [0.4, 0.5) is 0 Å². The van der Waals surface area contributed by atoms with E-state index >= 15 is 0 Å². The van der Waals surface area contributed by atoms with Crippen molar-refractivity contribution in [2.45, 2.75) is 44.6 Å². The van der Waals surface area contributed by atoms with Gasteiger partial charge < -0.3 is 15.4 Å². The number of hydrogen-bond acceptors (Lipinski definition) is 4. The summed E-state index contributed by atoms with van der Waals surface area (Å²) in [6.45, 7) is 6.04. The van der Waals surface area contributed by atoms with Crippen molar-refractivity contribution >= 4 is 30.7 Å². The maximum absolute atomic E-state index is 13.0. The molecule has 1 amide bonds. The number of halogens is 2. The van der Waals surface area contributed by atoms with E-state index in [0.29, 0.717) is 25.8 Å². The minimum absolute atomic E-state index is 0. The van der Waals surface area contributed by atoms with Gasteiger partial charge in [0.25, 0.3) is 0 Å². The molecule has 0 aromatic heterocycles. The summed E-state index contributed by atoms with van der Waals surface area (Å²) in [6.07, 6.45) is 6.69. The number of nitrogens with two attached hydrogens (primary N) is 1. The summed E-state index contributed by atoms with van der Waals surface area (Å²) in [5, 5.41) is 0. The van der Waals surface area contributed by atoms with E-state index in [4.69, 9.17) is 10.5 Å². The molecule has 3 heterocycles. The first-order valence-corrected chi connectivity index (χ1v) is 8.56. The van der Waals surface area contributed by atoms with Gasteiger partial charge in [0.05, 0.1) is 5.41 Å². The number of carbonyl (C=O) groups is 1. The highest BCUT2D eigenvalue weighted by molar-refractivity contribution is 5.85. The van der Waals surface area contributed by atoms with Crippen LogP contribution >= 0.6 is 24.8 Å². The molecule has 3 aliphatic rings. The topological polar surface area (TPSA) is 58.8 Å². The first kappa shape index (κ1) is 21.0. The zero-order valence-electron chi connectivity index (χ0n) is 13.9. The van der Waals surface area contributed by atoms with Crippen LogP contribution in [0.15, 0.2) is 0 Å². The van der Waals surface area contributed by atoms with Crippen LogP contribution in [0.5, 0.6) is 0 Å². The van der Waals surface area contributed by atoms with Gasteiger partial charge in [0.2, 0.25) is 5.91 Å². The molecule has 3 rings (SSSR count). The third kappa shape index (κ3) is 4.51. The summed E-state index contributed by atoms with van der Waals surface area (Å²) in [7, 11) is 0. The molecule has 0 radical (unpaired) electrons. The van der Waals surface area contributed by atoms with Gasteiger partial charge in [0.1, 0.15) is 0 Å². The van der Waals surface area contributed by atoms with E-state index in [2.05, 4.69) is 9.80 Å². The van der Waals surface area contributed by atoms with Gasteiger partial charge in [-0.25, -0.2) is 0 Å². The quantitative estimate of drug-likeness (QED) is 0.824. The second-order valence-corrected chi connectivity index (χ2v) is 6.89. The average molecular weight is 368 g/mol. The Hall–Kier alpha value is -0.0700. The van der Waals surface area contributed by atoms with Crippen molar-refractivity contribution in [3.63, 3.8) is 0 Å². The van der Waals surface area contributed by atoms with E-state index in [1.165, 1.54) is 32.4 Å². The second-order valence-electron chi connectivity index (χ2n) is 6.89. The molecule has 0 spiro atoms. The maximum atomic E-state index is 13.0. The number of piperidine rings is 1. The normalized spacial score (nSPS) is 27.9. The largest absolute Gasteiger partial charge is 0.381 e. The number of ether oxygens (including phenoxy) is 1. The average Bonchev–Trinajstić information content (AvgIpc) is 3.05. The van der Waals surface area contributed by atoms with Crippen molar-refractivity contribution in [2.75, 3.05) is 45.9 Å². The molecule has 0 bridgehead atoms. The maximum Gasteiger partial charge on any atom is 0.230 e. The minimum atomic E-state index is -0.352. The van der Waals surface area contributed by atoms with E-state index in [0.717, 1.165) is 32.4 Å². The summed E-state index contributed by atoms with van der Waals surface area (Å²) in [5.41, 5.74) is 5.62. The zero-order valence-corrected chi connectivity index (χ0v) is 15.5. The second kappa shape index (κ2) is 9.42. The van der Waals surface area contributed by atoms with Crippen LogP contribution in [0.1, 0.15) is 38.5 Å². The smallest absolute Gasteiger partial charge is 0.230 e. The molecule has 1 unspecified atom stereocenters. The molecule has 0 aromatic rings. The first-order chi connectivity index (χ1) is 10.2. The summed E-state index contributed by atoms with van der Waals surface area (Å²) >= 11 is 0. The Morgan fingerprint density at radius 3 is 2.35 bits per heavy atom.